The third-order valence-electron chi connectivity index (χ3n) is 3.84. The highest BCUT2D eigenvalue weighted by molar-refractivity contribution is 7.89. The minimum Gasteiger partial charge on any atom is -0.468 e. The molecule has 2 aromatic heterocycles. The second-order valence-corrected chi connectivity index (χ2v) is 7.32. The molecule has 0 unspecified atom stereocenters. The third-order valence-corrected chi connectivity index (χ3v) is 5.72. The SMILES string of the molecule is C[C@@H](c1ccco1)N(C)S(=O)(=O)c1cnc(-c2ccccc2)nc1. The molecule has 0 fully saturated rings. The van der Waals surface area contributed by atoms with E-state index in [1.807, 2.05) is 30.3 Å². The van der Waals surface area contributed by atoms with Gasteiger partial charge in [0.1, 0.15) is 10.7 Å². The van der Waals surface area contributed by atoms with Gasteiger partial charge in [0, 0.05) is 12.6 Å². The first-order valence-corrected chi connectivity index (χ1v) is 8.83. The van der Waals surface area contributed by atoms with E-state index in [0.717, 1.165) is 5.56 Å². The monoisotopic (exact) mass is 343 g/mol. The number of rotatable bonds is 5. The Bertz CT molecular complexity index is 892. The molecule has 3 rings (SSSR count). The molecule has 3 aromatic rings. The normalized spacial score (nSPS) is 13.1. The maximum Gasteiger partial charge on any atom is 0.246 e. The molecule has 0 aliphatic heterocycles. The van der Waals surface area contributed by atoms with E-state index >= 15 is 0 Å². The van der Waals surface area contributed by atoms with Gasteiger partial charge in [-0.3, -0.25) is 0 Å². The lowest BCUT2D eigenvalue weighted by Crippen LogP contribution is -2.29. The van der Waals surface area contributed by atoms with Crippen molar-refractivity contribution in [1.29, 1.82) is 0 Å². The van der Waals surface area contributed by atoms with Gasteiger partial charge in [0.2, 0.25) is 10.0 Å². The van der Waals surface area contributed by atoms with Crippen molar-refractivity contribution < 1.29 is 12.8 Å². The van der Waals surface area contributed by atoms with E-state index in [-0.39, 0.29) is 4.90 Å². The molecule has 2 heterocycles. The van der Waals surface area contributed by atoms with Gasteiger partial charge in [0.25, 0.3) is 0 Å². The molecule has 0 aliphatic rings. The van der Waals surface area contributed by atoms with Crippen LogP contribution in [0.15, 0.2) is 70.4 Å². The minimum atomic E-state index is -3.71. The van der Waals surface area contributed by atoms with Gasteiger partial charge >= 0.3 is 0 Å². The van der Waals surface area contributed by atoms with E-state index in [1.165, 1.54) is 30.0 Å². The Morgan fingerprint density at radius 1 is 1.04 bits per heavy atom. The van der Waals surface area contributed by atoms with Crippen molar-refractivity contribution in [3.8, 4) is 11.4 Å². The van der Waals surface area contributed by atoms with Crippen LogP contribution in [0, 0.1) is 0 Å². The summed E-state index contributed by atoms with van der Waals surface area (Å²) < 4.78 is 32.0. The maximum atomic E-state index is 12.7. The highest BCUT2D eigenvalue weighted by atomic mass is 32.2. The second kappa shape index (κ2) is 6.54. The van der Waals surface area contributed by atoms with Gasteiger partial charge in [-0.25, -0.2) is 18.4 Å². The van der Waals surface area contributed by atoms with Gasteiger partial charge in [-0.2, -0.15) is 4.31 Å². The van der Waals surface area contributed by atoms with Crippen LogP contribution in [0.1, 0.15) is 18.7 Å². The molecule has 124 valence electrons. The van der Waals surface area contributed by atoms with Crippen molar-refractivity contribution in [2.45, 2.75) is 17.9 Å². The first-order chi connectivity index (χ1) is 11.5. The van der Waals surface area contributed by atoms with E-state index in [1.54, 1.807) is 19.1 Å². The van der Waals surface area contributed by atoms with Crippen LogP contribution in [0.3, 0.4) is 0 Å². The summed E-state index contributed by atoms with van der Waals surface area (Å²) in [6.07, 6.45) is 4.18. The summed E-state index contributed by atoms with van der Waals surface area (Å²) in [4.78, 5) is 8.40. The molecule has 24 heavy (non-hydrogen) atoms. The molecule has 0 N–H and O–H groups in total. The average Bonchev–Trinajstić information content (AvgIpc) is 3.16. The standard InChI is InChI=1S/C17H17N3O3S/c1-13(16-9-6-10-23-16)20(2)24(21,22)15-11-18-17(19-12-15)14-7-4-3-5-8-14/h3-13H,1-2H3/t13-/m0/s1. The van der Waals surface area contributed by atoms with Gasteiger partial charge < -0.3 is 4.42 Å². The highest BCUT2D eigenvalue weighted by Gasteiger charge is 2.28. The smallest absolute Gasteiger partial charge is 0.246 e. The van der Waals surface area contributed by atoms with E-state index in [0.29, 0.717) is 11.6 Å². The van der Waals surface area contributed by atoms with Crippen LogP contribution >= 0.6 is 0 Å². The van der Waals surface area contributed by atoms with E-state index in [4.69, 9.17) is 4.42 Å². The van der Waals surface area contributed by atoms with Crippen LogP contribution < -0.4 is 0 Å². The number of nitrogens with zero attached hydrogens (tertiary/aromatic N) is 3. The van der Waals surface area contributed by atoms with Crippen LogP contribution in [0.25, 0.3) is 11.4 Å². The number of sulfonamides is 1. The minimum absolute atomic E-state index is 0.0445. The van der Waals surface area contributed by atoms with Crippen LogP contribution in [-0.4, -0.2) is 29.7 Å². The van der Waals surface area contributed by atoms with Crippen molar-refractivity contribution in [2.75, 3.05) is 7.05 Å². The Labute approximate surface area is 140 Å². The fraction of sp³-hybridized carbons (Fsp3) is 0.176. The largest absolute Gasteiger partial charge is 0.468 e. The van der Waals surface area contributed by atoms with Crippen molar-refractivity contribution in [3.05, 3.63) is 66.9 Å². The summed E-state index contributed by atoms with van der Waals surface area (Å²) >= 11 is 0. The molecule has 0 aliphatic carbocycles. The lowest BCUT2D eigenvalue weighted by molar-refractivity contribution is 0.339. The number of aromatic nitrogens is 2. The maximum absolute atomic E-state index is 12.7. The molecule has 7 heteroatoms. The molecular formula is C17H17N3O3S. The number of furan rings is 1. The van der Waals surface area contributed by atoms with Crippen LogP contribution in [0.4, 0.5) is 0 Å². The van der Waals surface area contributed by atoms with Crippen molar-refractivity contribution in [3.63, 3.8) is 0 Å². The lowest BCUT2D eigenvalue weighted by Gasteiger charge is -2.22. The molecule has 1 atom stereocenters. The van der Waals surface area contributed by atoms with Gasteiger partial charge in [-0.15, -0.1) is 0 Å². The summed E-state index contributed by atoms with van der Waals surface area (Å²) in [6, 6.07) is 12.4. The quantitative estimate of drug-likeness (QED) is 0.711. The summed E-state index contributed by atoms with van der Waals surface area (Å²) in [6.45, 7) is 1.76. The predicted octanol–water partition coefficient (Wildman–Crippen LogP) is 3.12. The lowest BCUT2D eigenvalue weighted by atomic mass is 10.2. The summed E-state index contributed by atoms with van der Waals surface area (Å²) in [7, 11) is -2.21. The molecule has 1 aromatic carbocycles. The van der Waals surface area contributed by atoms with Gasteiger partial charge in [0.15, 0.2) is 5.82 Å². The molecule has 0 spiro atoms. The van der Waals surface area contributed by atoms with E-state index in [2.05, 4.69) is 9.97 Å². The second-order valence-electron chi connectivity index (χ2n) is 5.32. The molecular weight excluding hydrogens is 326 g/mol. The molecule has 0 saturated carbocycles. The summed E-state index contributed by atoms with van der Waals surface area (Å²) in [5, 5.41) is 0. The molecule has 0 radical (unpaired) electrons. The predicted molar refractivity (Wildman–Crippen MR) is 89.5 cm³/mol. The zero-order chi connectivity index (χ0) is 17.2. The summed E-state index contributed by atoms with van der Waals surface area (Å²) in [5.41, 5.74) is 0.832. The third kappa shape index (κ3) is 3.08. The van der Waals surface area contributed by atoms with Gasteiger partial charge in [-0.05, 0) is 19.1 Å². The highest BCUT2D eigenvalue weighted by Crippen LogP contribution is 2.25. The first kappa shape index (κ1) is 16.4. The number of benzene rings is 1. The zero-order valence-corrected chi connectivity index (χ0v) is 14.1. The van der Waals surface area contributed by atoms with Crippen LogP contribution in [0.2, 0.25) is 0 Å². The summed E-state index contributed by atoms with van der Waals surface area (Å²) in [5.74, 6) is 1.05. The number of hydrogen-bond donors (Lipinski definition) is 0. The van der Waals surface area contributed by atoms with Crippen LogP contribution in [0.5, 0.6) is 0 Å². The Balaban J connectivity index is 1.87. The van der Waals surface area contributed by atoms with Crippen molar-refractivity contribution >= 4 is 10.0 Å². The zero-order valence-electron chi connectivity index (χ0n) is 13.3. The Hall–Kier alpha value is -2.51. The number of hydrogen-bond acceptors (Lipinski definition) is 5. The molecule has 0 amide bonds. The average molecular weight is 343 g/mol. The van der Waals surface area contributed by atoms with E-state index < -0.39 is 16.1 Å². The molecule has 6 nitrogen and oxygen atoms in total. The molecule has 0 bridgehead atoms. The van der Waals surface area contributed by atoms with E-state index in [9.17, 15) is 8.42 Å². The van der Waals surface area contributed by atoms with Gasteiger partial charge in [-0.1, -0.05) is 30.3 Å². The Morgan fingerprint density at radius 3 is 2.29 bits per heavy atom. The molecule has 0 saturated heterocycles. The van der Waals surface area contributed by atoms with Crippen molar-refractivity contribution in [2.24, 2.45) is 0 Å². The topological polar surface area (TPSA) is 76.3 Å². The van der Waals surface area contributed by atoms with Crippen molar-refractivity contribution in [1.82, 2.24) is 14.3 Å². The first-order valence-electron chi connectivity index (χ1n) is 7.39. The Morgan fingerprint density at radius 2 is 1.71 bits per heavy atom. The van der Waals surface area contributed by atoms with Crippen LogP contribution in [-0.2, 0) is 10.0 Å². The fourth-order valence-electron chi connectivity index (χ4n) is 2.27. The fourth-order valence-corrected chi connectivity index (χ4v) is 3.49. The van der Waals surface area contributed by atoms with Gasteiger partial charge in [0.05, 0.1) is 24.7 Å². The Kier molecular flexibility index (Phi) is 4.46.